The number of carbonyl (C=O) groups excluding carboxylic acids is 1. The molecule has 7 heteroatoms. The van der Waals surface area contributed by atoms with E-state index >= 15 is 0 Å². The van der Waals surface area contributed by atoms with E-state index in [0.717, 1.165) is 24.3 Å². The Morgan fingerprint density at radius 2 is 2.26 bits per heavy atom. The monoisotopic (exact) mass is 329 g/mol. The van der Waals surface area contributed by atoms with Crippen LogP contribution < -0.4 is 0 Å². The van der Waals surface area contributed by atoms with Crippen molar-refractivity contribution >= 4 is 17.2 Å². The van der Waals surface area contributed by atoms with Gasteiger partial charge in [-0.1, -0.05) is 6.07 Å². The van der Waals surface area contributed by atoms with E-state index in [1.165, 1.54) is 6.26 Å². The average molecular weight is 329 g/mol. The molecular formula is C16H15N3O3S. The predicted octanol–water partition coefficient (Wildman–Crippen LogP) is 3.41. The van der Waals surface area contributed by atoms with Crippen LogP contribution in [0.5, 0.6) is 0 Å². The molecule has 0 saturated carbocycles. The lowest BCUT2D eigenvalue weighted by atomic mass is 9.98. The lowest BCUT2D eigenvalue weighted by molar-refractivity contribution is 0.0666. The molecule has 1 saturated heterocycles. The first kappa shape index (κ1) is 14.2. The number of carbonyl (C=O) groups is 1. The summed E-state index contributed by atoms with van der Waals surface area (Å²) < 4.78 is 11.0. The minimum Gasteiger partial charge on any atom is -0.459 e. The van der Waals surface area contributed by atoms with Crippen molar-refractivity contribution in [2.45, 2.75) is 18.8 Å². The Balaban J connectivity index is 1.50. The van der Waals surface area contributed by atoms with E-state index in [1.54, 1.807) is 28.4 Å². The molecule has 0 spiro atoms. The van der Waals surface area contributed by atoms with Gasteiger partial charge in [0, 0.05) is 13.1 Å². The molecule has 3 aromatic heterocycles. The second-order valence-electron chi connectivity index (χ2n) is 5.49. The SMILES string of the molecule is O=C(c1ccco1)N1CCC[C@@H](c2nnc(-c3cccs3)o2)C1. The number of likely N-dealkylation sites (tertiary alicyclic amines) is 1. The van der Waals surface area contributed by atoms with E-state index in [2.05, 4.69) is 10.2 Å². The first-order chi connectivity index (χ1) is 11.3. The molecule has 3 aromatic rings. The second-order valence-corrected chi connectivity index (χ2v) is 6.44. The van der Waals surface area contributed by atoms with Gasteiger partial charge in [-0.25, -0.2) is 0 Å². The van der Waals surface area contributed by atoms with Crippen LogP contribution in [-0.2, 0) is 0 Å². The maximum atomic E-state index is 12.4. The van der Waals surface area contributed by atoms with Gasteiger partial charge < -0.3 is 13.7 Å². The molecule has 0 N–H and O–H groups in total. The van der Waals surface area contributed by atoms with E-state index in [4.69, 9.17) is 8.83 Å². The Bertz CT molecular complexity index is 779. The quantitative estimate of drug-likeness (QED) is 0.736. The molecule has 0 radical (unpaired) electrons. The lowest BCUT2D eigenvalue weighted by Gasteiger charge is -2.30. The molecule has 1 fully saturated rings. The Morgan fingerprint density at radius 3 is 3.04 bits per heavy atom. The van der Waals surface area contributed by atoms with Crippen molar-refractivity contribution in [2.75, 3.05) is 13.1 Å². The third kappa shape index (κ3) is 2.79. The van der Waals surface area contributed by atoms with Crippen LogP contribution in [0.3, 0.4) is 0 Å². The van der Waals surface area contributed by atoms with Crippen LogP contribution in [0.4, 0.5) is 0 Å². The van der Waals surface area contributed by atoms with Gasteiger partial charge >= 0.3 is 0 Å². The van der Waals surface area contributed by atoms with Gasteiger partial charge in [0.05, 0.1) is 17.1 Å². The highest BCUT2D eigenvalue weighted by atomic mass is 32.1. The van der Waals surface area contributed by atoms with Crippen molar-refractivity contribution in [1.29, 1.82) is 0 Å². The minimum atomic E-state index is -0.0855. The summed E-state index contributed by atoms with van der Waals surface area (Å²) in [6.07, 6.45) is 3.36. The number of furan rings is 1. The average Bonchev–Trinajstić information content (AvgIpc) is 3.36. The maximum absolute atomic E-state index is 12.4. The first-order valence-electron chi connectivity index (χ1n) is 7.51. The predicted molar refractivity (Wildman–Crippen MR) is 84.2 cm³/mol. The Hall–Kier alpha value is -2.41. The summed E-state index contributed by atoms with van der Waals surface area (Å²) in [6.45, 7) is 1.30. The number of nitrogens with zero attached hydrogens (tertiary/aromatic N) is 3. The smallest absolute Gasteiger partial charge is 0.289 e. The van der Waals surface area contributed by atoms with Crippen LogP contribution in [0.15, 0.2) is 44.7 Å². The van der Waals surface area contributed by atoms with Crippen LogP contribution in [0.25, 0.3) is 10.8 Å². The van der Waals surface area contributed by atoms with E-state index in [9.17, 15) is 4.79 Å². The van der Waals surface area contributed by atoms with Crippen molar-refractivity contribution < 1.29 is 13.6 Å². The van der Waals surface area contributed by atoms with E-state index in [0.29, 0.717) is 24.1 Å². The normalized spacial score (nSPS) is 18.3. The highest BCUT2D eigenvalue weighted by molar-refractivity contribution is 7.13. The molecule has 1 atom stereocenters. The molecule has 6 nitrogen and oxygen atoms in total. The highest BCUT2D eigenvalue weighted by Crippen LogP contribution is 2.30. The van der Waals surface area contributed by atoms with Crippen molar-refractivity contribution in [3.05, 3.63) is 47.6 Å². The molecular weight excluding hydrogens is 314 g/mol. The van der Waals surface area contributed by atoms with Crippen molar-refractivity contribution in [2.24, 2.45) is 0 Å². The number of thiophene rings is 1. The fourth-order valence-electron chi connectivity index (χ4n) is 2.82. The molecule has 0 aromatic carbocycles. The number of piperidine rings is 1. The van der Waals surface area contributed by atoms with Gasteiger partial charge in [0.2, 0.25) is 5.89 Å². The molecule has 4 heterocycles. The second kappa shape index (κ2) is 6.00. The summed E-state index contributed by atoms with van der Waals surface area (Å²) in [7, 11) is 0. The van der Waals surface area contributed by atoms with Crippen LogP contribution in [0, 0.1) is 0 Å². The van der Waals surface area contributed by atoms with Gasteiger partial charge in [0.25, 0.3) is 11.8 Å². The maximum Gasteiger partial charge on any atom is 0.289 e. The van der Waals surface area contributed by atoms with Crippen molar-refractivity contribution in [3.63, 3.8) is 0 Å². The van der Waals surface area contributed by atoms with Gasteiger partial charge in [-0.2, -0.15) is 0 Å². The summed E-state index contributed by atoms with van der Waals surface area (Å²) in [6, 6.07) is 7.32. The Labute approximate surface area is 136 Å². The molecule has 1 amide bonds. The fraction of sp³-hybridized carbons (Fsp3) is 0.312. The molecule has 0 bridgehead atoms. The summed E-state index contributed by atoms with van der Waals surface area (Å²) in [5.74, 6) is 1.51. The van der Waals surface area contributed by atoms with Gasteiger partial charge in [-0.05, 0) is 36.4 Å². The van der Waals surface area contributed by atoms with Crippen LogP contribution in [0.2, 0.25) is 0 Å². The zero-order valence-corrected chi connectivity index (χ0v) is 13.2. The number of aromatic nitrogens is 2. The number of amides is 1. The topological polar surface area (TPSA) is 72.4 Å². The zero-order valence-electron chi connectivity index (χ0n) is 12.3. The highest BCUT2D eigenvalue weighted by Gasteiger charge is 2.30. The van der Waals surface area contributed by atoms with Gasteiger partial charge in [0.15, 0.2) is 5.76 Å². The van der Waals surface area contributed by atoms with Crippen molar-refractivity contribution in [3.8, 4) is 10.8 Å². The van der Waals surface area contributed by atoms with Gasteiger partial charge in [-0.3, -0.25) is 4.79 Å². The van der Waals surface area contributed by atoms with E-state index in [1.807, 2.05) is 17.5 Å². The van der Waals surface area contributed by atoms with Crippen LogP contribution in [0.1, 0.15) is 35.2 Å². The molecule has 23 heavy (non-hydrogen) atoms. The Morgan fingerprint density at radius 1 is 1.30 bits per heavy atom. The van der Waals surface area contributed by atoms with Crippen LogP contribution in [-0.4, -0.2) is 34.1 Å². The third-order valence-corrected chi connectivity index (χ3v) is 4.82. The number of hydrogen-bond donors (Lipinski definition) is 0. The third-order valence-electron chi connectivity index (χ3n) is 3.96. The molecule has 1 aliphatic heterocycles. The lowest BCUT2D eigenvalue weighted by Crippen LogP contribution is -2.39. The number of hydrogen-bond acceptors (Lipinski definition) is 6. The van der Waals surface area contributed by atoms with Gasteiger partial charge in [0.1, 0.15) is 0 Å². The summed E-state index contributed by atoms with van der Waals surface area (Å²) in [4.78, 5) is 15.2. The first-order valence-corrected chi connectivity index (χ1v) is 8.39. The Kier molecular flexibility index (Phi) is 3.70. The molecule has 4 rings (SSSR count). The summed E-state index contributed by atoms with van der Waals surface area (Å²) in [5.41, 5.74) is 0. The van der Waals surface area contributed by atoms with Gasteiger partial charge in [-0.15, -0.1) is 21.5 Å². The van der Waals surface area contributed by atoms with E-state index < -0.39 is 0 Å². The minimum absolute atomic E-state index is 0.0730. The fourth-order valence-corrected chi connectivity index (χ4v) is 3.46. The standard InChI is InChI=1S/C16H15N3O3S/c20-16(12-5-2-8-21-12)19-7-1-4-11(10-19)14-17-18-15(22-14)13-6-3-9-23-13/h2-3,5-6,8-9,11H,1,4,7,10H2/t11-/m1/s1. The number of rotatable bonds is 3. The summed E-state index contributed by atoms with van der Waals surface area (Å²) in [5, 5.41) is 10.3. The molecule has 0 unspecified atom stereocenters. The largest absolute Gasteiger partial charge is 0.459 e. The van der Waals surface area contributed by atoms with Crippen molar-refractivity contribution in [1.82, 2.24) is 15.1 Å². The van der Waals surface area contributed by atoms with E-state index in [-0.39, 0.29) is 11.8 Å². The summed E-state index contributed by atoms with van der Waals surface area (Å²) >= 11 is 1.57. The molecule has 1 aliphatic rings. The molecule has 118 valence electrons. The zero-order chi connectivity index (χ0) is 15.6. The molecule has 0 aliphatic carbocycles. The van der Waals surface area contributed by atoms with Crippen LogP contribution >= 0.6 is 11.3 Å².